The third-order valence-electron chi connectivity index (χ3n) is 4.78. The monoisotopic (exact) mass is 425 g/mol. The van der Waals surface area contributed by atoms with E-state index in [0.29, 0.717) is 34.3 Å². The van der Waals surface area contributed by atoms with Gasteiger partial charge in [-0.3, -0.25) is 9.89 Å². The summed E-state index contributed by atoms with van der Waals surface area (Å²) in [6.45, 7) is -0.0737. The Balaban J connectivity index is 1.65. The van der Waals surface area contributed by atoms with Crippen molar-refractivity contribution in [2.75, 3.05) is 23.4 Å². The summed E-state index contributed by atoms with van der Waals surface area (Å²) in [4.78, 5) is 28.8. The average molecular weight is 425 g/mol. The molecule has 1 aliphatic rings. The zero-order valence-electron chi connectivity index (χ0n) is 15.5. The number of halogens is 2. The number of benzene rings is 1. The van der Waals surface area contributed by atoms with Crippen molar-refractivity contribution >= 4 is 34.4 Å². The summed E-state index contributed by atoms with van der Waals surface area (Å²) in [7, 11) is 1.62. The number of aromatic nitrogens is 5. The number of hydrogen-bond donors (Lipinski definition) is 1. The molecule has 0 unspecified atom stereocenters. The van der Waals surface area contributed by atoms with Crippen molar-refractivity contribution in [1.29, 1.82) is 0 Å². The number of rotatable bonds is 3. The highest BCUT2D eigenvalue weighted by atomic mass is 32.1. The first-order chi connectivity index (χ1) is 14.5. The maximum atomic E-state index is 13.8. The Hall–Kier alpha value is -3.73. The van der Waals surface area contributed by atoms with Gasteiger partial charge >= 0.3 is 0 Å². The minimum absolute atomic E-state index is 0.0737. The number of anilines is 3. The van der Waals surface area contributed by atoms with Gasteiger partial charge < -0.3 is 9.80 Å². The first kappa shape index (κ1) is 18.3. The summed E-state index contributed by atoms with van der Waals surface area (Å²) in [6.07, 6.45) is 4.81. The van der Waals surface area contributed by atoms with Crippen molar-refractivity contribution in [2.45, 2.75) is 0 Å². The predicted octanol–water partition coefficient (Wildman–Crippen LogP) is 3.38. The Bertz CT molecular complexity index is 1260. The van der Waals surface area contributed by atoms with E-state index >= 15 is 0 Å². The number of hydrogen-bond acceptors (Lipinski definition) is 7. The van der Waals surface area contributed by atoms with Gasteiger partial charge in [-0.15, -0.1) is 11.3 Å². The summed E-state index contributed by atoms with van der Waals surface area (Å²) in [6, 6.07) is 3.46. The van der Waals surface area contributed by atoms with E-state index in [9.17, 15) is 13.6 Å². The van der Waals surface area contributed by atoms with Gasteiger partial charge in [-0.1, -0.05) is 0 Å². The fourth-order valence-electron chi connectivity index (χ4n) is 3.21. The van der Waals surface area contributed by atoms with E-state index in [0.717, 1.165) is 17.1 Å². The number of nitrogens with zero attached hydrogens (tertiary/aromatic N) is 6. The van der Waals surface area contributed by atoms with E-state index in [1.54, 1.807) is 19.4 Å². The van der Waals surface area contributed by atoms with Crippen LogP contribution in [0, 0.1) is 11.6 Å². The molecule has 0 atom stereocenters. The van der Waals surface area contributed by atoms with Crippen molar-refractivity contribution in [1.82, 2.24) is 25.1 Å². The quantitative estimate of drug-likeness (QED) is 0.541. The molecule has 150 valence electrons. The highest BCUT2D eigenvalue weighted by Crippen LogP contribution is 2.38. The maximum Gasteiger partial charge on any atom is 0.246 e. The van der Waals surface area contributed by atoms with E-state index in [4.69, 9.17) is 0 Å². The van der Waals surface area contributed by atoms with E-state index in [1.807, 2.05) is 5.38 Å². The van der Waals surface area contributed by atoms with Crippen LogP contribution in [0.1, 0.15) is 0 Å². The molecule has 4 heterocycles. The second kappa shape index (κ2) is 6.95. The fourth-order valence-corrected chi connectivity index (χ4v) is 3.86. The summed E-state index contributed by atoms with van der Waals surface area (Å²) in [5.41, 5.74) is 2.08. The average Bonchev–Trinajstić information content (AvgIpc) is 3.44. The molecule has 4 aromatic rings. The van der Waals surface area contributed by atoms with Crippen molar-refractivity contribution in [3.63, 3.8) is 0 Å². The van der Waals surface area contributed by atoms with Gasteiger partial charge in [0.1, 0.15) is 22.9 Å². The Morgan fingerprint density at radius 3 is 2.80 bits per heavy atom. The largest absolute Gasteiger partial charge is 0.315 e. The molecule has 0 fully saturated rings. The minimum Gasteiger partial charge on any atom is -0.315 e. The molecule has 0 saturated heterocycles. The van der Waals surface area contributed by atoms with Gasteiger partial charge in [-0.25, -0.2) is 23.7 Å². The van der Waals surface area contributed by atoms with Gasteiger partial charge in [-0.05, 0) is 12.1 Å². The highest BCUT2D eigenvalue weighted by Gasteiger charge is 2.31. The standard InChI is InChI=1S/C19H13F2N7OS/c1-27-14-8-23-17(11-7-24-26-16(11)19-22-4-5-30-19)25-18(14)28(9-15(27)29)10-2-3-12(20)13(21)6-10/h2-8H,9H2,1H3,(H,24,26). The summed E-state index contributed by atoms with van der Waals surface area (Å²) < 4.78 is 27.3. The Morgan fingerprint density at radius 1 is 1.17 bits per heavy atom. The Morgan fingerprint density at radius 2 is 2.03 bits per heavy atom. The van der Waals surface area contributed by atoms with Gasteiger partial charge in [0.2, 0.25) is 5.91 Å². The molecule has 0 spiro atoms. The molecule has 1 aromatic carbocycles. The van der Waals surface area contributed by atoms with Gasteiger partial charge in [0.25, 0.3) is 0 Å². The van der Waals surface area contributed by atoms with Crippen LogP contribution < -0.4 is 9.80 Å². The lowest BCUT2D eigenvalue weighted by atomic mass is 10.2. The van der Waals surface area contributed by atoms with E-state index in [1.165, 1.54) is 33.4 Å². The number of fused-ring (bicyclic) bond motifs is 1. The molecule has 1 amide bonds. The summed E-state index contributed by atoms with van der Waals surface area (Å²) >= 11 is 1.44. The fraction of sp³-hybridized carbons (Fsp3) is 0.105. The number of carbonyl (C=O) groups is 1. The van der Waals surface area contributed by atoms with Crippen LogP contribution in [0.5, 0.6) is 0 Å². The second-order valence-corrected chi connectivity index (χ2v) is 7.43. The first-order valence-electron chi connectivity index (χ1n) is 8.82. The molecule has 1 aliphatic heterocycles. The second-order valence-electron chi connectivity index (χ2n) is 6.54. The van der Waals surface area contributed by atoms with E-state index in [-0.39, 0.29) is 12.5 Å². The van der Waals surface area contributed by atoms with Crippen molar-refractivity contribution in [3.8, 4) is 22.1 Å². The van der Waals surface area contributed by atoms with Crippen LogP contribution in [0.15, 0.2) is 42.2 Å². The number of carbonyl (C=O) groups excluding carboxylic acids is 1. The SMILES string of the molecule is CN1C(=O)CN(c2ccc(F)c(F)c2)c2nc(-c3cn[nH]c3-c3nccs3)ncc21. The van der Waals surface area contributed by atoms with Crippen LogP contribution in [0.25, 0.3) is 22.1 Å². The van der Waals surface area contributed by atoms with Crippen LogP contribution >= 0.6 is 11.3 Å². The molecular formula is C19H13F2N7OS. The normalized spacial score (nSPS) is 13.6. The number of thiazole rings is 1. The van der Waals surface area contributed by atoms with Crippen LogP contribution in [-0.2, 0) is 4.79 Å². The molecule has 0 saturated carbocycles. The molecule has 0 radical (unpaired) electrons. The smallest absolute Gasteiger partial charge is 0.246 e. The van der Waals surface area contributed by atoms with Crippen molar-refractivity contribution in [2.24, 2.45) is 0 Å². The molecule has 0 aliphatic carbocycles. The lowest BCUT2D eigenvalue weighted by Crippen LogP contribution is -2.42. The zero-order chi connectivity index (χ0) is 20.8. The van der Waals surface area contributed by atoms with Crippen LogP contribution in [0.2, 0.25) is 0 Å². The van der Waals surface area contributed by atoms with Gasteiger partial charge in [0.15, 0.2) is 23.3 Å². The summed E-state index contributed by atoms with van der Waals surface area (Å²) in [5, 5.41) is 9.57. The zero-order valence-corrected chi connectivity index (χ0v) is 16.3. The molecule has 30 heavy (non-hydrogen) atoms. The van der Waals surface area contributed by atoms with E-state index < -0.39 is 11.6 Å². The molecule has 3 aromatic heterocycles. The third kappa shape index (κ3) is 2.90. The van der Waals surface area contributed by atoms with Crippen LogP contribution in [0.3, 0.4) is 0 Å². The lowest BCUT2D eigenvalue weighted by molar-refractivity contribution is -0.117. The molecule has 0 bridgehead atoms. The first-order valence-corrected chi connectivity index (χ1v) is 9.70. The molecule has 5 rings (SSSR count). The minimum atomic E-state index is -1.00. The van der Waals surface area contributed by atoms with Gasteiger partial charge in [-0.2, -0.15) is 5.10 Å². The molecule has 8 nitrogen and oxygen atoms in total. The number of amides is 1. The topological polar surface area (TPSA) is 90.9 Å². The number of nitrogens with one attached hydrogen (secondary N) is 1. The highest BCUT2D eigenvalue weighted by molar-refractivity contribution is 7.13. The molecule has 1 N–H and O–H groups in total. The third-order valence-corrected chi connectivity index (χ3v) is 5.57. The van der Waals surface area contributed by atoms with Crippen LogP contribution in [-0.4, -0.2) is 44.6 Å². The maximum absolute atomic E-state index is 13.8. The van der Waals surface area contributed by atoms with Crippen molar-refractivity contribution in [3.05, 3.63) is 53.8 Å². The lowest BCUT2D eigenvalue weighted by Gasteiger charge is -2.34. The van der Waals surface area contributed by atoms with Gasteiger partial charge in [0, 0.05) is 30.4 Å². The van der Waals surface area contributed by atoms with Gasteiger partial charge in [0.05, 0.1) is 18.0 Å². The summed E-state index contributed by atoms with van der Waals surface area (Å²) in [5.74, 6) is -1.43. The molecule has 11 heteroatoms. The number of H-pyrrole nitrogens is 1. The number of aromatic amines is 1. The molecular weight excluding hydrogens is 412 g/mol. The van der Waals surface area contributed by atoms with E-state index in [2.05, 4.69) is 25.1 Å². The van der Waals surface area contributed by atoms with Crippen molar-refractivity contribution < 1.29 is 13.6 Å². The number of likely N-dealkylation sites (N-methyl/N-ethyl adjacent to an activating group) is 1. The van der Waals surface area contributed by atoms with Crippen LogP contribution in [0.4, 0.5) is 26.0 Å². The Labute approximate surface area is 172 Å². The predicted molar refractivity (Wildman–Crippen MR) is 107 cm³/mol. The Kier molecular flexibility index (Phi) is 4.24.